The van der Waals surface area contributed by atoms with Crippen LogP contribution in [0.1, 0.15) is 40.6 Å². The summed E-state index contributed by atoms with van der Waals surface area (Å²) in [6, 6.07) is 0. The van der Waals surface area contributed by atoms with Crippen LogP contribution in [0.4, 0.5) is 5.00 Å². The number of fused-ring (bicyclic) bond motifs is 1. The lowest BCUT2D eigenvalue weighted by atomic mass is 10.1. The fraction of sp³-hybridized carbons (Fsp3) is 0.533. The van der Waals surface area contributed by atoms with Crippen LogP contribution in [0.5, 0.6) is 0 Å². The molecule has 136 valence electrons. The van der Waals surface area contributed by atoms with Gasteiger partial charge in [0.2, 0.25) is 5.91 Å². The van der Waals surface area contributed by atoms with Gasteiger partial charge >= 0.3 is 5.97 Å². The second kappa shape index (κ2) is 6.57. The summed E-state index contributed by atoms with van der Waals surface area (Å²) in [6.45, 7) is 1.68. The SMILES string of the molecule is COC(=O)c1c(NC(=S)NNC(=O)[C@@]2(C)CC2(Cl)Cl)sc2c1CCC2. The number of thiocarbonyl (C=S) groups is 1. The van der Waals surface area contributed by atoms with Crippen LogP contribution < -0.4 is 16.2 Å². The molecule has 0 aliphatic heterocycles. The number of hydrazine groups is 1. The van der Waals surface area contributed by atoms with Gasteiger partial charge < -0.3 is 10.1 Å². The summed E-state index contributed by atoms with van der Waals surface area (Å²) in [4.78, 5) is 25.4. The number of nitrogens with one attached hydrogen (secondary N) is 3. The summed E-state index contributed by atoms with van der Waals surface area (Å²) < 4.78 is 3.83. The van der Waals surface area contributed by atoms with E-state index in [0.29, 0.717) is 17.0 Å². The molecule has 10 heteroatoms. The topological polar surface area (TPSA) is 79.5 Å². The van der Waals surface area contributed by atoms with Crippen molar-refractivity contribution >= 4 is 68.7 Å². The van der Waals surface area contributed by atoms with Crippen LogP contribution in [0, 0.1) is 5.41 Å². The molecule has 2 aliphatic rings. The summed E-state index contributed by atoms with van der Waals surface area (Å²) >= 11 is 18.6. The highest BCUT2D eigenvalue weighted by Gasteiger charge is 2.68. The third kappa shape index (κ3) is 3.32. The Morgan fingerprint density at radius 1 is 1.28 bits per heavy atom. The number of halogens is 2. The maximum atomic E-state index is 12.1. The molecule has 1 atom stereocenters. The van der Waals surface area contributed by atoms with Gasteiger partial charge in [-0.05, 0) is 50.4 Å². The Labute approximate surface area is 164 Å². The lowest BCUT2D eigenvalue weighted by Crippen LogP contribution is -2.47. The largest absolute Gasteiger partial charge is 0.465 e. The second-order valence-corrected chi connectivity index (χ2v) is 9.30. The Balaban J connectivity index is 1.64. The third-order valence-corrected chi connectivity index (χ3v) is 7.10. The summed E-state index contributed by atoms with van der Waals surface area (Å²) in [5, 5.41) is 3.74. The second-order valence-electron chi connectivity index (χ2n) is 6.30. The lowest BCUT2D eigenvalue weighted by molar-refractivity contribution is -0.126. The van der Waals surface area contributed by atoms with E-state index < -0.39 is 15.7 Å². The zero-order valence-electron chi connectivity index (χ0n) is 13.6. The molecule has 2 aliphatic carbocycles. The average Bonchev–Trinajstić information content (AvgIpc) is 2.88. The first kappa shape index (κ1) is 18.7. The van der Waals surface area contributed by atoms with Gasteiger partial charge in [-0.25, -0.2) is 4.79 Å². The van der Waals surface area contributed by atoms with Crippen LogP contribution in [0.3, 0.4) is 0 Å². The number of thiophene rings is 1. The molecule has 1 fully saturated rings. The number of hydrogen-bond acceptors (Lipinski definition) is 5. The zero-order valence-corrected chi connectivity index (χ0v) is 16.8. The lowest BCUT2D eigenvalue weighted by Gasteiger charge is -2.15. The first-order chi connectivity index (χ1) is 11.7. The number of ether oxygens (including phenoxy) is 1. The summed E-state index contributed by atoms with van der Waals surface area (Å²) in [5.74, 6) is -0.739. The van der Waals surface area contributed by atoms with Crippen molar-refractivity contribution in [1.82, 2.24) is 10.9 Å². The van der Waals surface area contributed by atoms with E-state index >= 15 is 0 Å². The molecule has 1 heterocycles. The van der Waals surface area contributed by atoms with Crippen molar-refractivity contribution in [3.8, 4) is 0 Å². The standard InChI is InChI=1S/C15H17Cl2N3O3S2/c1-14(6-15(14,16)17)12(22)19-20-13(24)18-10-9(11(21)23-2)7-4-3-5-8(7)25-10/h3-6H2,1-2H3,(H,19,22)(H2,18,20,24)/t14-/m1/s1. The number of esters is 1. The summed E-state index contributed by atoms with van der Waals surface area (Å²) in [6.07, 6.45) is 3.19. The molecular weight excluding hydrogens is 405 g/mol. The predicted molar refractivity (Wildman–Crippen MR) is 102 cm³/mol. The van der Waals surface area contributed by atoms with E-state index in [1.807, 2.05) is 0 Å². The van der Waals surface area contributed by atoms with Crippen molar-refractivity contribution in [3.63, 3.8) is 0 Å². The van der Waals surface area contributed by atoms with E-state index in [1.54, 1.807) is 6.92 Å². The van der Waals surface area contributed by atoms with Crippen LogP contribution in [-0.4, -0.2) is 28.4 Å². The minimum atomic E-state index is -1.06. The number of aryl methyl sites for hydroxylation is 1. The summed E-state index contributed by atoms with van der Waals surface area (Å²) in [7, 11) is 1.35. The van der Waals surface area contributed by atoms with E-state index in [-0.39, 0.29) is 11.0 Å². The van der Waals surface area contributed by atoms with Gasteiger partial charge in [0.25, 0.3) is 0 Å². The molecule has 25 heavy (non-hydrogen) atoms. The fourth-order valence-electron chi connectivity index (χ4n) is 2.84. The third-order valence-electron chi connectivity index (χ3n) is 4.59. The van der Waals surface area contributed by atoms with Crippen molar-refractivity contribution in [2.45, 2.75) is 36.9 Å². The van der Waals surface area contributed by atoms with Gasteiger partial charge in [-0.15, -0.1) is 34.5 Å². The Bertz CT molecular complexity index is 765. The van der Waals surface area contributed by atoms with E-state index in [0.717, 1.165) is 29.7 Å². The number of methoxy groups -OCH3 is 1. The highest BCUT2D eigenvalue weighted by Crippen LogP contribution is 2.63. The van der Waals surface area contributed by atoms with Crippen molar-refractivity contribution in [2.75, 3.05) is 12.4 Å². The minimum absolute atomic E-state index is 0.164. The normalized spacial score (nSPS) is 22.7. The van der Waals surface area contributed by atoms with E-state index in [1.165, 1.54) is 18.4 Å². The average molecular weight is 422 g/mol. The molecule has 3 N–H and O–H groups in total. The molecule has 1 saturated carbocycles. The highest BCUT2D eigenvalue weighted by molar-refractivity contribution is 7.80. The van der Waals surface area contributed by atoms with Gasteiger partial charge in [0.15, 0.2) is 5.11 Å². The quantitative estimate of drug-likeness (QED) is 0.301. The number of rotatable bonds is 3. The van der Waals surface area contributed by atoms with Crippen LogP contribution in [0.25, 0.3) is 0 Å². The molecule has 1 aromatic heterocycles. The fourth-order valence-corrected chi connectivity index (χ4v) is 5.05. The van der Waals surface area contributed by atoms with Crippen molar-refractivity contribution < 1.29 is 14.3 Å². The van der Waals surface area contributed by atoms with Crippen molar-refractivity contribution in [1.29, 1.82) is 0 Å². The molecule has 1 amide bonds. The Hall–Kier alpha value is -1.09. The van der Waals surface area contributed by atoms with Crippen LogP contribution in [-0.2, 0) is 22.4 Å². The Morgan fingerprint density at radius 2 is 1.96 bits per heavy atom. The Kier molecular flexibility index (Phi) is 4.91. The molecule has 6 nitrogen and oxygen atoms in total. The first-order valence-electron chi connectivity index (χ1n) is 7.68. The minimum Gasteiger partial charge on any atom is -0.465 e. The monoisotopic (exact) mass is 421 g/mol. The molecule has 0 bridgehead atoms. The Morgan fingerprint density at radius 3 is 2.56 bits per heavy atom. The van der Waals surface area contributed by atoms with E-state index in [9.17, 15) is 9.59 Å². The molecular formula is C15H17Cl2N3O3S2. The van der Waals surface area contributed by atoms with Gasteiger partial charge in [-0.3, -0.25) is 15.6 Å². The van der Waals surface area contributed by atoms with Gasteiger partial charge in [0, 0.05) is 4.88 Å². The number of carbonyl (C=O) groups excluding carboxylic acids is 2. The summed E-state index contributed by atoms with van der Waals surface area (Å²) in [5.41, 5.74) is 5.81. The van der Waals surface area contributed by atoms with Gasteiger partial charge in [-0.2, -0.15) is 0 Å². The molecule has 0 saturated heterocycles. The molecule has 0 unspecified atom stereocenters. The first-order valence-corrected chi connectivity index (χ1v) is 9.66. The molecule has 1 aromatic rings. The number of alkyl halides is 2. The molecule has 0 aromatic carbocycles. The molecule has 0 radical (unpaired) electrons. The predicted octanol–water partition coefficient (Wildman–Crippen LogP) is 2.92. The number of hydrogen-bond donors (Lipinski definition) is 3. The molecule has 3 rings (SSSR count). The van der Waals surface area contributed by atoms with Crippen LogP contribution in [0.2, 0.25) is 0 Å². The number of carbonyl (C=O) groups is 2. The number of amides is 1. The van der Waals surface area contributed by atoms with Crippen LogP contribution in [0.15, 0.2) is 0 Å². The van der Waals surface area contributed by atoms with Crippen LogP contribution >= 0.6 is 46.8 Å². The zero-order chi connectivity index (χ0) is 18.4. The maximum absolute atomic E-state index is 12.1. The number of anilines is 1. The maximum Gasteiger partial charge on any atom is 0.341 e. The molecule has 0 spiro atoms. The van der Waals surface area contributed by atoms with Crippen molar-refractivity contribution in [2.24, 2.45) is 5.41 Å². The van der Waals surface area contributed by atoms with Gasteiger partial charge in [0.1, 0.15) is 9.33 Å². The van der Waals surface area contributed by atoms with Crippen molar-refractivity contribution in [3.05, 3.63) is 16.0 Å². The highest BCUT2D eigenvalue weighted by atomic mass is 35.5. The van der Waals surface area contributed by atoms with Gasteiger partial charge in [-0.1, -0.05) is 0 Å². The van der Waals surface area contributed by atoms with E-state index in [4.69, 9.17) is 40.2 Å². The smallest absolute Gasteiger partial charge is 0.341 e. The van der Waals surface area contributed by atoms with E-state index in [2.05, 4.69) is 16.2 Å². The van der Waals surface area contributed by atoms with Gasteiger partial charge in [0.05, 0.1) is 18.1 Å².